The molecule has 0 aliphatic heterocycles. The number of nitrogens with one attached hydrogen (secondary N) is 1. The summed E-state index contributed by atoms with van der Waals surface area (Å²) in [6.45, 7) is 0.411. The lowest BCUT2D eigenvalue weighted by Crippen LogP contribution is -2.27. The van der Waals surface area contributed by atoms with E-state index in [1.165, 1.54) is 37.4 Å². The number of nitrogens with zero attached hydrogens (tertiary/aromatic N) is 3. The number of hydrogen-bond donors (Lipinski definition) is 1. The van der Waals surface area contributed by atoms with E-state index < -0.39 is 0 Å². The maximum atomic E-state index is 12.5. The smallest absolute Gasteiger partial charge is 0.233 e. The molecule has 1 fully saturated rings. The third-order valence-electron chi connectivity index (χ3n) is 5.40. The molecule has 1 saturated carbocycles. The van der Waals surface area contributed by atoms with Crippen LogP contribution in [-0.2, 0) is 17.8 Å². The van der Waals surface area contributed by atoms with Crippen molar-refractivity contribution in [3.63, 3.8) is 0 Å². The van der Waals surface area contributed by atoms with Crippen LogP contribution in [0.25, 0.3) is 11.3 Å². The van der Waals surface area contributed by atoms with Gasteiger partial charge in [0.15, 0.2) is 0 Å². The van der Waals surface area contributed by atoms with Crippen molar-refractivity contribution in [2.45, 2.75) is 43.8 Å². The molecule has 0 atom stereocenters. The topological polar surface area (TPSA) is 75.0 Å². The Morgan fingerprint density at radius 2 is 2.00 bits per heavy atom. The Labute approximate surface area is 185 Å². The first-order valence-electron chi connectivity index (χ1n) is 10.2. The molecule has 1 amide bonds. The monoisotopic (exact) mass is 444 g/mol. The average Bonchev–Trinajstić information content (AvgIpc) is 3.50. The number of carbonyl (C=O) groups excluding carboxylic acids is 1. The van der Waals surface area contributed by atoms with E-state index in [0.29, 0.717) is 22.5 Å². The fraction of sp³-hybridized carbons (Fsp3) is 0.409. The van der Waals surface area contributed by atoms with Crippen LogP contribution in [0.1, 0.15) is 37.3 Å². The predicted molar refractivity (Wildman–Crippen MR) is 118 cm³/mol. The molecule has 1 aliphatic rings. The molecule has 1 N–H and O–H groups in total. The molecule has 158 valence electrons. The SMILES string of the molecule is CN(Cc1ccc(-c2ccc(Cl)cc2)o1)C(=O)CSc1n[nH]c(CC2CCCC2)n1. The second-order valence-corrected chi connectivity index (χ2v) is 9.11. The summed E-state index contributed by atoms with van der Waals surface area (Å²) in [5, 5.41) is 8.58. The minimum absolute atomic E-state index is 0.00610. The molecule has 1 aliphatic carbocycles. The van der Waals surface area contributed by atoms with Crippen molar-refractivity contribution in [2.75, 3.05) is 12.8 Å². The van der Waals surface area contributed by atoms with Crippen LogP contribution in [0, 0.1) is 5.92 Å². The molecule has 2 aromatic heterocycles. The lowest BCUT2D eigenvalue weighted by atomic mass is 10.0. The third-order valence-corrected chi connectivity index (χ3v) is 6.49. The van der Waals surface area contributed by atoms with Crippen LogP contribution < -0.4 is 0 Å². The summed E-state index contributed by atoms with van der Waals surface area (Å²) in [7, 11) is 1.77. The van der Waals surface area contributed by atoms with Crippen LogP contribution in [0.4, 0.5) is 0 Å². The third kappa shape index (κ3) is 5.46. The molecule has 0 radical (unpaired) electrons. The molecule has 0 bridgehead atoms. The van der Waals surface area contributed by atoms with Gasteiger partial charge in [-0.1, -0.05) is 49.0 Å². The van der Waals surface area contributed by atoms with Gasteiger partial charge in [-0.15, -0.1) is 5.10 Å². The summed E-state index contributed by atoms with van der Waals surface area (Å²) >= 11 is 7.30. The Morgan fingerprint density at radius 1 is 1.23 bits per heavy atom. The van der Waals surface area contributed by atoms with Gasteiger partial charge in [0.05, 0.1) is 12.3 Å². The van der Waals surface area contributed by atoms with E-state index >= 15 is 0 Å². The van der Waals surface area contributed by atoms with Crippen molar-refractivity contribution < 1.29 is 9.21 Å². The molecule has 6 nitrogen and oxygen atoms in total. The van der Waals surface area contributed by atoms with E-state index in [1.54, 1.807) is 11.9 Å². The average molecular weight is 445 g/mol. The number of H-pyrrole nitrogens is 1. The zero-order valence-electron chi connectivity index (χ0n) is 16.9. The zero-order chi connectivity index (χ0) is 20.9. The molecule has 4 rings (SSSR count). The van der Waals surface area contributed by atoms with Gasteiger partial charge in [0.25, 0.3) is 0 Å². The maximum Gasteiger partial charge on any atom is 0.233 e. The van der Waals surface area contributed by atoms with Crippen molar-refractivity contribution in [3.8, 4) is 11.3 Å². The summed E-state index contributed by atoms with van der Waals surface area (Å²) in [5.41, 5.74) is 0.952. The summed E-state index contributed by atoms with van der Waals surface area (Å²) in [4.78, 5) is 18.7. The number of halogens is 1. The first-order valence-corrected chi connectivity index (χ1v) is 11.6. The van der Waals surface area contributed by atoms with Crippen molar-refractivity contribution in [1.82, 2.24) is 20.1 Å². The van der Waals surface area contributed by atoms with Crippen molar-refractivity contribution in [2.24, 2.45) is 5.92 Å². The quantitative estimate of drug-likeness (QED) is 0.483. The number of rotatable bonds is 8. The van der Waals surface area contributed by atoms with E-state index in [9.17, 15) is 4.79 Å². The number of furan rings is 1. The number of amides is 1. The van der Waals surface area contributed by atoms with Gasteiger partial charge < -0.3 is 9.32 Å². The van der Waals surface area contributed by atoms with E-state index in [4.69, 9.17) is 16.0 Å². The van der Waals surface area contributed by atoms with Gasteiger partial charge in [-0.3, -0.25) is 9.89 Å². The first-order chi connectivity index (χ1) is 14.6. The number of hydrogen-bond acceptors (Lipinski definition) is 5. The molecule has 3 aromatic rings. The number of aromatic amines is 1. The van der Waals surface area contributed by atoms with Crippen LogP contribution >= 0.6 is 23.4 Å². The zero-order valence-corrected chi connectivity index (χ0v) is 18.5. The van der Waals surface area contributed by atoms with Gasteiger partial charge in [-0.2, -0.15) is 0 Å². The highest BCUT2D eigenvalue weighted by Gasteiger charge is 2.18. The summed E-state index contributed by atoms with van der Waals surface area (Å²) < 4.78 is 5.89. The standard InChI is InChI=1S/C22H25ClN4O2S/c1-27(13-18-10-11-19(29-18)16-6-8-17(23)9-7-16)21(28)14-30-22-24-20(25-26-22)12-15-4-2-3-5-15/h6-11,15H,2-5,12-14H2,1H3,(H,24,25,26). The van der Waals surface area contributed by atoms with Crippen molar-refractivity contribution >= 4 is 29.3 Å². The van der Waals surface area contributed by atoms with Gasteiger partial charge in [-0.05, 0) is 42.3 Å². The molecule has 30 heavy (non-hydrogen) atoms. The molecule has 0 spiro atoms. The van der Waals surface area contributed by atoms with Crippen LogP contribution in [0.3, 0.4) is 0 Å². The van der Waals surface area contributed by atoms with Crippen LogP contribution in [0.15, 0.2) is 46.0 Å². The fourth-order valence-corrected chi connectivity index (χ4v) is 4.60. The van der Waals surface area contributed by atoms with Gasteiger partial charge in [0.2, 0.25) is 11.1 Å². The van der Waals surface area contributed by atoms with Crippen LogP contribution in [0.2, 0.25) is 5.02 Å². The van der Waals surface area contributed by atoms with Gasteiger partial charge in [0, 0.05) is 24.1 Å². The van der Waals surface area contributed by atoms with Crippen LogP contribution in [0.5, 0.6) is 0 Å². The van der Waals surface area contributed by atoms with Gasteiger partial charge >= 0.3 is 0 Å². The fourth-order valence-electron chi connectivity index (χ4n) is 3.71. The van der Waals surface area contributed by atoms with Gasteiger partial charge in [0.1, 0.15) is 17.3 Å². The minimum Gasteiger partial charge on any atom is -0.459 e. The highest BCUT2D eigenvalue weighted by atomic mass is 35.5. The Hall–Kier alpha value is -2.25. The molecular formula is C22H25ClN4O2S. The predicted octanol–water partition coefficient (Wildman–Crippen LogP) is 5.20. The Morgan fingerprint density at radius 3 is 2.77 bits per heavy atom. The molecule has 2 heterocycles. The summed E-state index contributed by atoms with van der Waals surface area (Å²) in [6, 6.07) is 11.3. The molecule has 0 saturated heterocycles. The van der Waals surface area contributed by atoms with E-state index in [1.807, 2.05) is 36.4 Å². The number of aromatic nitrogens is 3. The Kier molecular flexibility index (Phi) is 6.79. The highest BCUT2D eigenvalue weighted by molar-refractivity contribution is 7.99. The number of benzene rings is 1. The van der Waals surface area contributed by atoms with Gasteiger partial charge in [-0.25, -0.2) is 4.98 Å². The summed E-state index contributed by atoms with van der Waals surface area (Å²) in [6.07, 6.45) is 6.14. The van der Waals surface area contributed by atoms with E-state index in [0.717, 1.165) is 35.2 Å². The van der Waals surface area contributed by atoms with E-state index in [-0.39, 0.29) is 5.91 Å². The molecule has 1 aromatic carbocycles. The largest absolute Gasteiger partial charge is 0.459 e. The second kappa shape index (κ2) is 9.71. The highest BCUT2D eigenvalue weighted by Crippen LogP contribution is 2.28. The van der Waals surface area contributed by atoms with Crippen LogP contribution in [-0.4, -0.2) is 38.8 Å². The number of carbonyl (C=O) groups is 1. The van der Waals surface area contributed by atoms with Crippen molar-refractivity contribution in [3.05, 3.63) is 53.0 Å². The Bertz CT molecular complexity index is 979. The first kappa shape index (κ1) is 21.0. The number of thioether (sulfide) groups is 1. The lowest BCUT2D eigenvalue weighted by molar-refractivity contribution is -0.127. The maximum absolute atomic E-state index is 12.5. The molecule has 0 unspecified atom stereocenters. The molecular weight excluding hydrogens is 420 g/mol. The summed E-state index contributed by atoms with van der Waals surface area (Å²) in [5.74, 6) is 3.43. The Balaban J connectivity index is 1.26. The normalized spacial score (nSPS) is 14.3. The second-order valence-electron chi connectivity index (χ2n) is 7.73. The lowest BCUT2D eigenvalue weighted by Gasteiger charge is -2.14. The minimum atomic E-state index is 0.00610. The van der Waals surface area contributed by atoms with E-state index in [2.05, 4.69) is 15.2 Å². The van der Waals surface area contributed by atoms with Crippen molar-refractivity contribution in [1.29, 1.82) is 0 Å². The molecule has 8 heteroatoms.